The number of hydrogen-bond acceptors (Lipinski definition) is 4. The molecule has 0 saturated carbocycles. The van der Waals surface area contributed by atoms with Crippen molar-refractivity contribution >= 4 is 22.8 Å². The van der Waals surface area contributed by atoms with Gasteiger partial charge in [-0.15, -0.1) is 0 Å². The van der Waals surface area contributed by atoms with Gasteiger partial charge >= 0.3 is 0 Å². The maximum atomic E-state index is 14.1. The molecule has 1 aromatic carbocycles. The molecule has 138 valence electrons. The third kappa shape index (κ3) is 3.37. The van der Waals surface area contributed by atoms with Gasteiger partial charge in [0.2, 0.25) is 0 Å². The van der Waals surface area contributed by atoms with Crippen LogP contribution in [0.3, 0.4) is 0 Å². The molecule has 0 bridgehead atoms. The van der Waals surface area contributed by atoms with E-state index in [2.05, 4.69) is 15.3 Å². The average Bonchev–Trinajstić information content (AvgIpc) is 2.72. The first kappa shape index (κ1) is 17.5. The van der Waals surface area contributed by atoms with E-state index in [4.69, 9.17) is 0 Å². The van der Waals surface area contributed by atoms with Crippen molar-refractivity contribution in [3.8, 4) is 0 Å². The highest BCUT2D eigenvalue weighted by atomic mass is 19.1. The fourth-order valence-electron chi connectivity index (χ4n) is 2.93. The summed E-state index contributed by atoms with van der Waals surface area (Å²) in [4.78, 5) is 34.0. The number of nitrogens with one attached hydrogen (secondary N) is 1. The predicted octanol–water partition coefficient (Wildman–Crippen LogP) is 3.23. The third-order valence-corrected chi connectivity index (χ3v) is 4.29. The van der Waals surface area contributed by atoms with Crippen LogP contribution in [0.15, 0.2) is 77.9 Å². The summed E-state index contributed by atoms with van der Waals surface area (Å²) in [6, 6.07) is 16.2. The number of benzene rings is 1. The van der Waals surface area contributed by atoms with E-state index in [0.717, 1.165) is 0 Å². The minimum atomic E-state index is -0.586. The van der Waals surface area contributed by atoms with Crippen LogP contribution in [0.1, 0.15) is 15.9 Å². The van der Waals surface area contributed by atoms with Gasteiger partial charge in [-0.05, 0) is 36.4 Å². The Morgan fingerprint density at radius 1 is 1.00 bits per heavy atom. The summed E-state index contributed by atoms with van der Waals surface area (Å²) in [6.45, 7) is -0.0380. The highest BCUT2D eigenvalue weighted by Crippen LogP contribution is 2.15. The van der Waals surface area contributed by atoms with E-state index in [9.17, 15) is 14.0 Å². The van der Waals surface area contributed by atoms with Gasteiger partial charge in [-0.1, -0.05) is 24.3 Å². The second-order valence-corrected chi connectivity index (χ2v) is 6.13. The molecule has 0 unspecified atom stereocenters. The van der Waals surface area contributed by atoms with E-state index in [1.165, 1.54) is 22.9 Å². The zero-order chi connectivity index (χ0) is 19.5. The van der Waals surface area contributed by atoms with Gasteiger partial charge in [0.1, 0.15) is 22.8 Å². The van der Waals surface area contributed by atoms with Gasteiger partial charge in [-0.25, -0.2) is 14.4 Å². The molecule has 6 nitrogen and oxygen atoms in total. The predicted molar refractivity (Wildman–Crippen MR) is 104 cm³/mol. The zero-order valence-electron chi connectivity index (χ0n) is 14.7. The lowest BCUT2D eigenvalue weighted by Crippen LogP contribution is -2.30. The summed E-state index contributed by atoms with van der Waals surface area (Å²) in [6.07, 6.45) is 3.09. The molecular weight excluding hydrogens is 359 g/mol. The lowest BCUT2D eigenvalue weighted by atomic mass is 10.1. The number of halogens is 1. The Bertz CT molecular complexity index is 1220. The second kappa shape index (κ2) is 7.40. The molecule has 0 atom stereocenters. The number of anilines is 1. The summed E-state index contributed by atoms with van der Waals surface area (Å²) < 4.78 is 15.4. The largest absolute Gasteiger partial charge is 0.306 e. The normalized spacial score (nSPS) is 10.8. The van der Waals surface area contributed by atoms with E-state index in [0.29, 0.717) is 22.4 Å². The Labute approximate surface area is 159 Å². The number of aromatic nitrogens is 3. The van der Waals surface area contributed by atoms with Crippen LogP contribution in [0, 0.1) is 5.82 Å². The fourth-order valence-corrected chi connectivity index (χ4v) is 2.93. The third-order valence-electron chi connectivity index (χ3n) is 4.29. The van der Waals surface area contributed by atoms with E-state index in [1.807, 2.05) is 0 Å². The quantitative estimate of drug-likeness (QED) is 0.595. The lowest BCUT2D eigenvalue weighted by molar-refractivity contribution is 0.102. The molecule has 0 fully saturated rings. The monoisotopic (exact) mass is 374 g/mol. The molecule has 1 N–H and O–H groups in total. The van der Waals surface area contributed by atoms with Gasteiger partial charge in [-0.2, -0.15) is 0 Å². The van der Waals surface area contributed by atoms with Crippen molar-refractivity contribution in [2.75, 3.05) is 5.32 Å². The first-order valence-corrected chi connectivity index (χ1v) is 8.58. The SMILES string of the molecule is O=C(Nc1ccccn1)c1cc2cccnc2n(Cc2ccccc2F)c1=O. The molecule has 0 aliphatic heterocycles. The molecule has 0 aliphatic carbocycles. The van der Waals surface area contributed by atoms with E-state index < -0.39 is 17.3 Å². The van der Waals surface area contributed by atoms with Crippen molar-refractivity contribution in [1.82, 2.24) is 14.5 Å². The molecule has 3 aromatic heterocycles. The molecule has 0 radical (unpaired) electrons. The summed E-state index contributed by atoms with van der Waals surface area (Å²) in [5.74, 6) is -0.683. The topological polar surface area (TPSA) is 76.9 Å². The van der Waals surface area contributed by atoms with Gasteiger partial charge in [0.15, 0.2) is 0 Å². The van der Waals surface area contributed by atoms with Crippen molar-refractivity contribution < 1.29 is 9.18 Å². The Morgan fingerprint density at radius 2 is 1.79 bits per heavy atom. The van der Waals surface area contributed by atoms with E-state index in [1.54, 1.807) is 54.7 Å². The van der Waals surface area contributed by atoms with Crippen LogP contribution in [0.5, 0.6) is 0 Å². The summed E-state index contributed by atoms with van der Waals surface area (Å²) in [5.41, 5.74) is 0.0920. The Balaban J connectivity index is 1.82. The summed E-state index contributed by atoms with van der Waals surface area (Å²) in [7, 11) is 0. The second-order valence-electron chi connectivity index (χ2n) is 6.13. The Kier molecular flexibility index (Phi) is 4.63. The molecule has 4 aromatic rings. The molecule has 0 saturated heterocycles. The smallest absolute Gasteiger partial charge is 0.265 e. The van der Waals surface area contributed by atoms with Crippen LogP contribution < -0.4 is 10.9 Å². The van der Waals surface area contributed by atoms with Gasteiger partial charge in [-0.3, -0.25) is 14.2 Å². The van der Waals surface area contributed by atoms with Crippen LogP contribution in [0.25, 0.3) is 11.0 Å². The standard InChI is InChI=1S/C21H15FN4O2/c22-17-8-2-1-6-15(17)13-26-19-14(7-5-11-24-19)12-16(21(26)28)20(27)25-18-9-3-4-10-23-18/h1-12H,13H2,(H,23,25,27). The van der Waals surface area contributed by atoms with Crippen molar-refractivity contribution in [3.05, 3.63) is 100 Å². The van der Waals surface area contributed by atoms with Crippen molar-refractivity contribution in [3.63, 3.8) is 0 Å². The number of fused-ring (bicyclic) bond motifs is 1. The van der Waals surface area contributed by atoms with Gasteiger partial charge < -0.3 is 5.32 Å². The number of amides is 1. The van der Waals surface area contributed by atoms with E-state index >= 15 is 0 Å². The van der Waals surface area contributed by atoms with E-state index in [-0.39, 0.29) is 12.1 Å². The molecule has 0 aliphatic rings. The van der Waals surface area contributed by atoms with Crippen LogP contribution in [-0.2, 0) is 6.54 Å². The van der Waals surface area contributed by atoms with Gasteiger partial charge in [0.25, 0.3) is 11.5 Å². The molecular formula is C21H15FN4O2. The number of carbonyl (C=O) groups excluding carboxylic acids is 1. The highest BCUT2D eigenvalue weighted by molar-refractivity contribution is 6.05. The Hall–Kier alpha value is -3.87. The number of rotatable bonds is 4. The van der Waals surface area contributed by atoms with Crippen molar-refractivity contribution in [2.24, 2.45) is 0 Å². The molecule has 4 rings (SSSR count). The van der Waals surface area contributed by atoms with Crippen LogP contribution in [0.2, 0.25) is 0 Å². The molecule has 28 heavy (non-hydrogen) atoms. The Morgan fingerprint density at radius 3 is 2.57 bits per heavy atom. The van der Waals surface area contributed by atoms with Crippen molar-refractivity contribution in [1.29, 1.82) is 0 Å². The van der Waals surface area contributed by atoms with Gasteiger partial charge in [0.05, 0.1) is 6.54 Å². The van der Waals surface area contributed by atoms with Crippen LogP contribution in [-0.4, -0.2) is 20.4 Å². The average molecular weight is 374 g/mol. The number of nitrogens with zero attached hydrogens (tertiary/aromatic N) is 3. The maximum absolute atomic E-state index is 14.1. The molecule has 3 heterocycles. The number of hydrogen-bond donors (Lipinski definition) is 1. The van der Waals surface area contributed by atoms with Crippen molar-refractivity contribution in [2.45, 2.75) is 6.54 Å². The first-order valence-electron chi connectivity index (χ1n) is 8.58. The highest BCUT2D eigenvalue weighted by Gasteiger charge is 2.17. The minimum Gasteiger partial charge on any atom is -0.306 e. The van der Waals surface area contributed by atoms with Crippen LogP contribution >= 0.6 is 0 Å². The summed E-state index contributed by atoms with van der Waals surface area (Å²) in [5, 5.41) is 3.21. The summed E-state index contributed by atoms with van der Waals surface area (Å²) >= 11 is 0. The zero-order valence-corrected chi connectivity index (χ0v) is 14.7. The molecule has 1 amide bonds. The first-order chi connectivity index (χ1) is 13.6. The minimum absolute atomic E-state index is 0.0380. The fraction of sp³-hybridized carbons (Fsp3) is 0.0476. The molecule has 7 heteroatoms. The maximum Gasteiger partial charge on any atom is 0.265 e. The molecule has 0 spiro atoms. The lowest BCUT2D eigenvalue weighted by Gasteiger charge is -2.12. The van der Waals surface area contributed by atoms with Gasteiger partial charge in [0, 0.05) is 23.3 Å². The van der Waals surface area contributed by atoms with Crippen LogP contribution in [0.4, 0.5) is 10.2 Å². The number of pyridine rings is 3. The number of carbonyl (C=O) groups is 1.